The zero-order chi connectivity index (χ0) is 33.1. The molecule has 2 aliphatic heterocycles. The fraction of sp³-hybridized carbons (Fsp3) is 0.0870. The summed E-state index contributed by atoms with van der Waals surface area (Å²) in [5.74, 6) is 1.78. The molecule has 0 unspecified atom stereocenters. The maximum absolute atomic E-state index is 6.67. The van der Waals surface area contributed by atoms with E-state index in [-0.39, 0.29) is 5.41 Å². The Hall–Kier alpha value is -6.06. The van der Waals surface area contributed by atoms with Crippen LogP contribution in [0.2, 0.25) is 0 Å². The number of hydrogen-bond donors (Lipinski definition) is 0. The summed E-state index contributed by atoms with van der Waals surface area (Å²) in [5, 5.41) is 0. The van der Waals surface area contributed by atoms with Crippen LogP contribution in [0.25, 0.3) is 22.3 Å². The molecule has 0 fully saturated rings. The van der Waals surface area contributed by atoms with E-state index < -0.39 is 0 Å². The predicted octanol–water partition coefficient (Wildman–Crippen LogP) is 13.0. The van der Waals surface area contributed by atoms with E-state index in [1.165, 1.54) is 44.6 Å². The molecular weight excluding hydrogens is 597 g/mol. The zero-order valence-electron chi connectivity index (χ0n) is 27.9. The third-order valence-corrected chi connectivity index (χ3v) is 10.1. The lowest BCUT2D eigenvalue weighted by atomic mass is 9.70. The molecule has 3 heteroatoms. The van der Waals surface area contributed by atoms with Gasteiger partial charge in [0.25, 0.3) is 0 Å². The molecule has 49 heavy (non-hydrogen) atoms. The maximum atomic E-state index is 6.67. The summed E-state index contributed by atoms with van der Waals surface area (Å²) in [6, 6.07) is 58.6. The highest BCUT2D eigenvalue weighted by atomic mass is 16.5. The summed E-state index contributed by atoms with van der Waals surface area (Å²) < 4.78 is 6.67. The molecule has 0 amide bonds. The standard InChI is InChI=1S/C46H36N2O/c1-31-14-12-23-41-44(31)48-40-22-11-10-21-39(40)46(2,3)43-38(28-29-42(49-41)45(43)48)34-17-13-20-37(30-34)47(35-18-8-5-9-19-35)36-26-24-33(25-27-36)32-15-6-4-7-16-32/h4-30H,1-3H3. The normalized spacial score (nSPS) is 13.5. The van der Waals surface area contributed by atoms with Gasteiger partial charge in [-0.25, -0.2) is 0 Å². The lowest BCUT2D eigenvalue weighted by Gasteiger charge is -2.46. The molecule has 7 aromatic carbocycles. The molecule has 3 nitrogen and oxygen atoms in total. The second-order valence-electron chi connectivity index (χ2n) is 13.5. The molecule has 0 N–H and O–H groups in total. The molecule has 0 aromatic heterocycles. The Morgan fingerprint density at radius 3 is 1.92 bits per heavy atom. The van der Waals surface area contributed by atoms with Gasteiger partial charge in [-0.2, -0.15) is 0 Å². The van der Waals surface area contributed by atoms with Crippen molar-refractivity contribution < 1.29 is 4.74 Å². The van der Waals surface area contributed by atoms with Gasteiger partial charge < -0.3 is 14.5 Å². The molecule has 0 atom stereocenters. The van der Waals surface area contributed by atoms with Crippen LogP contribution < -0.4 is 14.5 Å². The van der Waals surface area contributed by atoms with Crippen molar-refractivity contribution in [1.82, 2.24) is 0 Å². The Kier molecular flexibility index (Phi) is 6.70. The summed E-state index contributed by atoms with van der Waals surface area (Å²) in [7, 11) is 0. The largest absolute Gasteiger partial charge is 0.453 e. The minimum Gasteiger partial charge on any atom is -0.453 e. The Morgan fingerprint density at radius 1 is 0.510 bits per heavy atom. The molecule has 236 valence electrons. The van der Waals surface area contributed by atoms with Crippen molar-refractivity contribution in [2.24, 2.45) is 0 Å². The van der Waals surface area contributed by atoms with Gasteiger partial charge in [0.05, 0.1) is 17.1 Å². The van der Waals surface area contributed by atoms with E-state index >= 15 is 0 Å². The molecule has 0 saturated carbocycles. The number of rotatable bonds is 5. The first-order valence-corrected chi connectivity index (χ1v) is 16.9. The van der Waals surface area contributed by atoms with E-state index in [1.54, 1.807) is 0 Å². The Balaban J connectivity index is 1.22. The van der Waals surface area contributed by atoms with Crippen LogP contribution >= 0.6 is 0 Å². The van der Waals surface area contributed by atoms with E-state index in [4.69, 9.17) is 4.74 Å². The molecular formula is C46H36N2O. The van der Waals surface area contributed by atoms with E-state index in [0.717, 1.165) is 39.9 Å². The predicted molar refractivity (Wildman–Crippen MR) is 204 cm³/mol. The quantitative estimate of drug-likeness (QED) is 0.188. The molecule has 0 spiro atoms. The Bertz CT molecular complexity index is 2340. The van der Waals surface area contributed by atoms with Crippen LogP contribution in [0.1, 0.15) is 30.5 Å². The third kappa shape index (κ3) is 4.65. The van der Waals surface area contributed by atoms with E-state index in [0.29, 0.717) is 0 Å². The van der Waals surface area contributed by atoms with E-state index in [2.05, 4.69) is 194 Å². The van der Waals surface area contributed by atoms with Gasteiger partial charge in [-0.3, -0.25) is 0 Å². The summed E-state index contributed by atoms with van der Waals surface area (Å²) in [4.78, 5) is 4.79. The smallest absolute Gasteiger partial charge is 0.151 e. The van der Waals surface area contributed by atoms with E-state index in [9.17, 15) is 0 Å². The van der Waals surface area contributed by atoms with Gasteiger partial charge in [0.1, 0.15) is 0 Å². The van der Waals surface area contributed by atoms with Crippen molar-refractivity contribution in [3.63, 3.8) is 0 Å². The molecule has 0 aliphatic carbocycles. The monoisotopic (exact) mass is 632 g/mol. The van der Waals surface area contributed by atoms with E-state index in [1.807, 2.05) is 0 Å². The zero-order valence-corrected chi connectivity index (χ0v) is 27.9. The highest BCUT2D eigenvalue weighted by molar-refractivity contribution is 5.98. The lowest BCUT2D eigenvalue weighted by Crippen LogP contribution is -2.33. The van der Waals surface area contributed by atoms with Crippen molar-refractivity contribution in [3.8, 4) is 33.8 Å². The second-order valence-corrected chi connectivity index (χ2v) is 13.5. The van der Waals surface area contributed by atoms with Crippen LogP contribution in [0.3, 0.4) is 0 Å². The number of anilines is 6. The van der Waals surface area contributed by atoms with Crippen LogP contribution in [-0.4, -0.2) is 0 Å². The van der Waals surface area contributed by atoms with Gasteiger partial charge in [-0.15, -0.1) is 0 Å². The van der Waals surface area contributed by atoms with Crippen molar-refractivity contribution in [1.29, 1.82) is 0 Å². The first kappa shape index (κ1) is 29.1. The first-order valence-electron chi connectivity index (χ1n) is 16.9. The van der Waals surface area contributed by atoms with Gasteiger partial charge in [-0.05, 0) is 100 Å². The number of hydrogen-bond acceptors (Lipinski definition) is 3. The molecule has 7 aromatic rings. The van der Waals surface area contributed by atoms with Gasteiger partial charge in [0.15, 0.2) is 11.5 Å². The SMILES string of the molecule is Cc1cccc2c1N1c3ccccc3C(C)(C)c3c(-c4cccc(N(c5ccccc5)c5ccc(-c6ccccc6)cc5)c4)ccc(c31)O2. The number of aryl methyl sites for hydroxylation is 1. The van der Waals surface area contributed by atoms with Gasteiger partial charge in [-0.1, -0.05) is 123 Å². The number of fused-ring (bicyclic) bond motifs is 4. The van der Waals surface area contributed by atoms with Crippen LogP contribution in [-0.2, 0) is 5.41 Å². The first-order chi connectivity index (χ1) is 24.0. The highest BCUT2D eigenvalue weighted by Crippen LogP contribution is 2.62. The minimum atomic E-state index is -0.278. The molecule has 2 aliphatic rings. The topological polar surface area (TPSA) is 15.7 Å². The number of benzene rings is 7. The van der Waals surface area contributed by atoms with Gasteiger partial charge in [0.2, 0.25) is 0 Å². The summed E-state index contributed by atoms with van der Waals surface area (Å²) >= 11 is 0. The van der Waals surface area contributed by atoms with Crippen LogP contribution in [0.4, 0.5) is 34.1 Å². The van der Waals surface area contributed by atoms with Crippen LogP contribution in [0, 0.1) is 6.92 Å². The third-order valence-electron chi connectivity index (χ3n) is 10.1. The molecule has 0 saturated heterocycles. The average molecular weight is 633 g/mol. The number of ether oxygens (including phenoxy) is 1. The minimum absolute atomic E-state index is 0.278. The molecule has 9 rings (SSSR count). The summed E-state index contributed by atoms with van der Waals surface area (Å²) in [5.41, 5.74) is 15.0. The highest BCUT2D eigenvalue weighted by Gasteiger charge is 2.43. The number of para-hydroxylation sites is 3. The van der Waals surface area contributed by atoms with Crippen molar-refractivity contribution in [2.75, 3.05) is 9.80 Å². The van der Waals surface area contributed by atoms with Gasteiger partial charge in [0, 0.05) is 22.5 Å². The Morgan fingerprint density at radius 2 is 1.12 bits per heavy atom. The van der Waals surface area contributed by atoms with Crippen molar-refractivity contribution in [3.05, 3.63) is 180 Å². The fourth-order valence-corrected chi connectivity index (χ4v) is 7.82. The van der Waals surface area contributed by atoms with Crippen molar-refractivity contribution in [2.45, 2.75) is 26.2 Å². The number of nitrogens with zero attached hydrogens (tertiary/aromatic N) is 2. The Labute approximate surface area is 288 Å². The molecule has 0 radical (unpaired) electrons. The fourth-order valence-electron chi connectivity index (χ4n) is 7.82. The molecule has 2 heterocycles. The van der Waals surface area contributed by atoms with Crippen molar-refractivity contribution >= 4 is 34.1 Å². The average Bonchev–Trinajstić information content (AvgIpc) is 3.14. The van der Waals surface area contributed by atoms with Crippen LogP contribution in [0.5, 0.6) is 11.5 Å². The second kappa shape index (κ2) is 11.3. The van der Waals surface area contributed by atoms with Crippen LogP contribution in [0.15, 0.2) is 164 Å². The van der Waals surface area contributed by atoms with Gasteiger partial charge >= 0.3 is 0 Å². The summed E-state index contributed by atoms with van der Waals surface area (Å²) in [6.07, 6.45) is 0. The lowest BCUT2D eigenvalue weighted by molar-refractivity contribution is 0.471. The maximum Gasteiger partial charge on any atom is 0.151 e. The molecule has 0 bridgehead atoms. The summed E-state index contributed by atoms with van der Waals surface area (Å²) in [6.45, 7) is 6.88.